The lowest BCUT2D eigenvalue weighted by Gasteiger charge is -2.30. The number of carbonyl (C=O) groups excluding carboxylic acids is 1. The normalized spacial score (nSPS) is 16.4. The molecule has 1 saturated heterocycles. The highest BCUT2D eigenvalue weighted by molar-refractivity contribution is 7.89. The number of piperidine rings is 1. The topological polar surface area (TPSA) is 66.5 Å². The van der Waals surface area contributed by atoms with E-state index in [1.165, 1.54) is 4.31 Å². The number of rotatable bonds is 4. The van der Waals surface area contributed by atoms with Gasteiger partial charge in [0.05, 0.1) is 4.90 Å². The molecule has 5 nitrogen and oxygen atoms in total. The van der Waals surface area contributed by atoms with Crippen LogP contribution in [0.25, 0.3) is 0 Å². The van der Waals surface area contributed by atoms with Gasteiger partial charge < -0.3 is 5.32 Å². The number of aryl methyl sites for hydroxylation is 2. The number of benzene rings is 2. The van der Waals surface area contributed by atoms with E-state index in [4.69, 9.17) is 0 Å². The van der Waals surface area contributed by atoms with E-state index >= 15 is 0 Å². The first-order valence-electron chi connectivity index (χ1n) is 8.81. The molecule has 0 saturated carbocycles. The Bertz CT molecular complexity index is 887. The van der Waals surface area contributed by atoms with E-state index in [2.05, 4.69) is 5.32 Å². The highest BCUT2D eigenvalue weighted by Crippen LogP contribution is 2.25. The minimum absolute atomic E-state index is 0.0336. The van der Waals surface area contributed by atoms with Crippen LogP contribution in [0.5, 0.6) is 0 Å². The molecule has 2 aromatic rings. The second-order valence-electron chi connectivity index (χ2n) is 6.80. The molecular formula is C20H24N2O3S. The summed E-state index contributed by atoms with van der Waals surface area (Å²) in [4.78, 5) is 12.9. The molecule has 3 rings (SSSR count). The van der Waals surface area contributed by atoms with Crippen LogP contribution in [0.1, 0.15) is 24.0 Å². The molecule has 138 valence electrons. The van der Waals surface area contributed by atoms with Gasteiger partial charge in [-0.15, -0.1) is 0 Å². The summed E-state index contributed by atoms with van der Waals surface area (Å²) in [6, 6.07) is 14.4. The zero-order valence-electron chi connectivity index (χ0n) is 15.1. The summed E-state index contributed by atoms with van der Waals surface area (Å²) in [5, 5.41) is 2.99. The third-order valence-corrected chi connectivity index (χ3v) is 6.76. The van der Waals surface area contributed by atoms with Crippen molar-refractivity contribution in [3.05, 3.63) is 59.7 Å². The molecule has 1 heterocycles. The van der Waals surface area contributed by atoms with Crippen molar-refractivity contribution in [2.75, 3.05) is 18.4 Å². The smallest absolute Gasteiger partial charge is 0.243 e. The maximum Gasteiger partial charge on any atom is 0.243 e. The summed E-state index contributed by atoms with van der Waals surface area (Å²) >= 11 is 0. The molecule has 0 unspecified atom stereocenters. The molecule has 1 N–H and O–H groups in total. The zero-order chi connectivity index (χ0) is 18.7. The number of nitrogens with one attached hydrogen (secondary N) is 1. The van der Waals surface area contributed by atoms with Gasteiger partial charge >= 0.3 is 0 Å². The van der Waals surface area contributed by atoms with Crippen LogP contribution in [0, 0.1) is 19.8 Å². The van der Waals surface area contributed by atoms with E-state index in [9.17, 15) is 13.2 Å². The molecule has 0 radical (unpaired) electrons. The first kappa shape index (κ1) is 18.6. The van der Waals surface area contributed by atoms with Gasteiger partial charge in [0.25, 0.3) is 0 Å². The second-order valence-corrected chi connectivity index (χ2v) is 8.74. The Morgan fingerprint density at radius 1 is 1.04 bits per heavy atom. The third-order valence-electron chi connectivity index (χ3n) is 4.85. The van der Waals surface area contributed by atoms with E-state index in [-0.39, 0.29) is 11.8 Å². The summed E-state index contributed by atoms with van der Waals surface area (Å²) in [5.74, 6) is -0.202. The average molecular weight is 372 g/mol. The van der Waals surface area contributed by atoms with Gasteiger partial charge in [-0.25, -0.2) is 8.42 Å². The largest absolute Gasteiger partial charge is 0.326 e. The Balaban J connectivity index is 1.62. The molecule has 6 heteroatoms. The SMILES string of the molecule is Cc1ccc(NC(=O)C2CCN(S(=O)(=O)c3ccccc3)CC2)c(C)c1. The number of hydrogen-bond donors (Lipinski definition) is 1. The Morgan fingerprint density at radius 3 is 2.31 bits per heavy atom. The van der Waals surface area contributed by atoms with Crippen molar-refractivity contribution >= 4 is 21.6 Å². The lowest BCUT2D eigenvalue weighted by atomic mass is 9.97. The Kier molecular flexibility index (Phi) is 5.44. The van der Waals surface area contributed by atoms with Crippen molar-refractivity contribution in [3.63, 3.8) is 0 Å². The number of amides is 1. The van der Waals surface area contributed by atoms with E-state index in [1.54, 1.807) is 30.3 Å². The van der Waals surface area contributed by atoms with Gasteiger partial charge in [0, 0.05) is 24.7 Å². The molecule has 1 fully saturated rings. The molecule has 0 aromatic heterocycles. The molecule has 0 atom stereocenters. The number of nitrogens with zero attached hydrogens (tertiary/aromatic N) is 1. The molecule has 2 aromatic carbocycles. The van der Waals surface area contributed by atoms with E-state index in [1.807, 2.05) is 32.0 Å². The van der Waals surface area contributed by atoms with Crippen molar-refractivity contribution < 1.29 is 13.2 Å². The maximum absolute atomic E-state index is 12.7. The average Bonchev–Trinajstić information content (AvgIpc) is 2.65. The van der Waals surface area contributed by atoms with Crippen molar-refractivity contribution in [3.8, 4) is 0 Å². The highest BCUT2D eigenvalue weighted by Gasteiger charge is 2.32. The molecular weight excluding hydrogens is 348 g/mol. The standard InChI is InChI=1S/C20H24N2O3S/c1-15-8-9-19(16(2)14-15)21-20(23)17-10-12-22(13-11-17)26(24,25)18-6-4-3-5-7-18/h3-9,14,17H,10-13H2,1-2H3,(H,21,23). The fraction of sp³-hybridized carbons (Fsp3) is 0.350. The van der Waals surface area contributed by atoms with Crippen LogP contribution in [-0.4, -0.2) is 31.7 Å². The number of anilines is 1. The number of hydrogen-bond acceptors (Lipinski definition) is 3. The van der Waals surface area contributed by atoms with E-state index < -0.39 is 10.0 Å². The first-order valence-corrected chi connectivity index (χ1v) is 10.3. The quantitative estimate of drug-likeness (QED) is 0.895. The predicted molar refractivity (Wildman–Crippen MR) is 102 cm³/mol. The lowest BCUT2D eigenvalue weighted by Crippen LogP contribution is -2.41. The minimum Gasteiger partial charge on any atom is -0.326 e. The first-order chi connectivity index (χ1) is 12.4. The van der Waals surface area contributed by atoms with Gasteiger partial charge in [-0.3, -0.25) is 4.79 Å². The fourth-order valence-electron chi connectivity index (χ4n) is 3.29. The second kappa shape index (κ2) is 7.60. The van der Waals surface area contributed by atoms with Gasteiger partial charge in [0.2, 0.25) is 15.9 Å². The lowest BCUT2D eigenvalue weighted by molar-refractivity contribution is -0.120. The summed E-state index contributed by atoms with van der Waals surface area (Å²) in [7, 11) is -3.48. The molecule has 0 bridgehead atoms. The molecule has 1 aliphatic rings. The molecule has 0 aliphatic carbocycles. The van der Waals surface area contributed by atoms with E-state index in [0.29, 0.717) is 30.8 Å². The summed E-state index contributed by atoms with van der Waals surface area (Å²) in [6.45, 7) is 4.71. The van der Waals surface area contributed by atoms with Crippen LogP contribution in [0.15, 0.2) is 53.4 Å². The predicted octanol–water partition coefficient (Wildman–Crippen LogP) is 3.34. The third kappa shape index (κ3) is 3.97. The summed E-state index contributed by atoms with van der Waals surface area (Å²) in [5.41, 5.74) is 3.00. The van der Waals surface area contributed by atoms with Gasteiger partial charge in [-0.2, -0.15) is 4.31 Å². The minimum atomic E-state index is -3.48. The van der Waals surface area contributed by atoms with Gasteiger partial charge in [-0.1, -0.05) is 35.9 Å². The molecule has 1 aliphatic heterocycles. The van der Waals surface area contributed by atoms with Crippen LogP contribution < -0.4 is 5.32 Å². The van der Waals surface area contributed by atoms with Crippen LogP contribution in [-0.2, 0) is 14.8 Å². The highest BCUT2D eigenvalue weighted by atomic mass is 32.2. The molecule has 1 amide bonds. The Labute approximate surface area is 155 Å². The number of carbonyl (C=O) groups is 1. The van der Waals surface area contributed by atoms with Crippen LogP contribution >= 0.6 is 0 Å². The van der Waals surface area contributed by atoms with Gasteiger partial charge in [0.15, 0.2) is 0 Å². The van der Waals surface area contributed by atoms with E-state index in [0.717, 1.165) is 16.8 Å². The monoisotopic (exact) mass is 372 g/mol. The Morgan fingerprint density at radius 2 is 1.69 bits per heavy atom. The summed E-state index contributed by atoms with van der Waals surface area (Å²) in [6.07, 6.45) is 1.06. The zero-order valence-corrected chi connectivity index (χ0v) is 15.9. The Hall–Kier alpha value is -2.18. The van der Waals surface area contributed by atoms with Crippen LogP contribution in [0.2, 0.25) is 0 Å². The van der Waals surface area contributed by atoms with Gasteiger partial charge in [-0.05, 0) is 50.5 Å². The van der Waals surface area contributed by atoms with Crippen molar-refractivity contribution in [1.29, 1.82) is 0 Å². The van der Waals surface area contributed by atoms with Crippen molar-refractivity contribution in [1.82, 2.24) is 4.31 Å². The van der Waals surface area contributed by atoms with Crippen molar-refractivity contribution in [2.45, 2.75) is 31.6 Å². The van der Waals surface area contributed by atoms with Crippen LogP contribution in [0.4, 0.5) is 5.69 Å². The molecule has 26 heavy (non-hydrogen) atoms. The van der Waals surface area contributed by atoms with Crippen LogP contribution in [0.3, 0.4) is 0 Å². The maximum atomic E-state index is 12.7. The van der Waals surface area contributed by atoms with Crippen molar-refractivity contribution in [2.24, 2.45) is 5.92 Å². The fourth-order valence-corrected chi connectivity index (χ4v) is 4.78. The summed E-state index contributed by atoms with van der Waals surface area (Å²) < 4.78 is 26.8. The van der Waals surface area contributed by atoms with Gasteiger partial charge in [0.1, 0.15) is 0 Å². The number of sulfonamides is 1. The molecule has 0 spiro atoms.